The van der Waals surface area contributed by atoms with Crippen LogP contribution in [0.4, 0.5) is 0 Å². The summed E-state index contributed by atoms with van der Waals surface area (Å²) in [6.07, 6.45) is 2.46. The van der Waals surface area contributed by atoms with Crippen molar-refractivity contribution in [2.75, 3.05) is 13.6 Å². The van der Waals surface area contributed by atoms with E-state index in [2.05, 4.69) is 11.6 Å². The van der Waals surface area contributed by atoms with Gasteiger partial charge >= 0.3 is 5.97 Å². The first-order chi connectivity index (χ1) is 7.89. The van der Waals surface area contributed by atoms with Crippen LogP contribution in [0.25, 0.3) is 0 Å². The van der Waals surface area contributed by atoms with E-state index in [4.69, 9.17) is 5.11 Å². The fourth-order valence-electron chi connectivity index (χ4n) is 1.10. The summed E-state index contributed by atoms with van der Waals surface area (Å²) >= 11 is 0. The molecule has 7 heteroatoms. The molecule has 0 unspecified atom stereocenters. The second-order valence-electron chi connectivity index (χ2n) is 3.26. The number of hydrogen-bond acceptors (Lipinski definition) is 4. The van der Waals surface area contributed by atoms with Crippen LogP contribution < -0.4 is 0 Å². The highest BCUT2D eigenvalue weighted by atomic mass is 32.2. The number of carboxylic acid groups (broad SMARTS) is 1. The summed E-state index contributed by atoms with van der Waals surface area (Å²) in [6, 6.07) is 2.36. The van der Waals surface area contributed by atoms with Crippen LogP contribution in [-0.4, -0.2) is 42.4 Å². The van der Waals surface area contributed by atoms with Gasteiger partial charge in [-0.1, -0.05) is 6.08 Å². The normalized spacial score (nSPS) is 11.4. The van der Waals surface area contributed by atoms with E-state index in [0.29, 0.717) is 0 Å². The third-order valence-electron chi connectivity index (χ3n) is 2.04. The molecule has 0 saturated carbocycles. The van der Waals surface area contributed by atoms with Gasteiger partial charge in [-0.25, -0.2) is 18.2 Å². The molecule has 6 nitrogen and oxygen atoms in total. The third kappa shape index (κ3) is 2.89. The molecule has 0 fully saturated rings. The van der Waals surface area contributed by atoms with Crippen LogP contribution in [0.3, 0.4) is 0 Å². The first-order valence-electron chi connectivity index (χ1n) is 4.66. The standard InChI is InChI=1S/C10H12N2O4S/c1-3-6-12(2)17(15,16)9-5-4-8(7-11-9)10(13)14/h3-5,7H,1,6H2,2H3,(H,13,14). The molecule has 1 N–H and O–H groups in total. The van der Waals surface area contributed by atoms with Crippen molar-refractivity contribution in [1.82, 2.24) is 9.29 Å². The van der Waals surface area contributed by atoms with Gasteiger partial charge in [0.25, 0.3) is 10.0 Å². The minimum atomic E-state index is -3.69. The zero-order chi connectivity index (χ0) is 13.1. The summed E-state index contributed by atoms with van der Waals surface area (Å²) in [7, 11) is -2.29. The van der Waals surface area contributed by atoms with Gasteiger partial charge in [0.05, 0.1) is 5.56 Å². The van der Waals surface area contributed by atoms with Crippen molar-refractivity contribution < 1.29 is 18.3 Å². The van der Waals surface area contributed by atoms with Gasteiger partial charge in [0, 0.05) is 19.8 Å². The lowest BCUT2D eigenvalue weighted by atomic mass is 10.3. The van der Waals surface area contributed by atoms with Crippen molar-refractivity contribution >= 4 is 16.0 Å². The van der Waals surface area contributed by atoms with Gasteiger partial charge in [-0.3, -0.25) is 0 Å². The van der Waals surface area contributed by atoms with Crippen LogP contribution >= 0.6 is 0 Å². The molecule has 0 saturated heterocycles. The molecule has 92 valence electrons. The molecule has 0 aliphatic carbocycles. The molecule has 17 heavy (non-hydrogen) atoms. The average molecular weight is 256 g/mol. The maximum atomic E-state index is 11.9. The number of carbonyl (C=O) groups is 1. The third-order valence-corrected chi connectivity index (χ3v) is 3.78. The quantitative estimate of drug-likeness (QED) is 0.779. The van der Waals surface area contributed by atoms with E-state index >= 15 is 0 Å². The molecule has 1 aromatic heterocycles. The summed E-state index contributed by atoms with van der Waals surface area (Å²) in [5.74, 6) is -1.15. The summed E-state index contributed by atoms with van der Waals surface area (Å²) in [5.41, 5.74) is -0.0599. The maximum Gasteiger partial charge on any atom is 0.337 e. The SMILES string of the molecule is C=CCN(C)S(=O)(=O)c1ccc(C(=O)O)cn1. The Labute approximate surface area is 99.3 Å². The molecular formula is C10H12N2O4S. The molecule has 1 aromatic rings. The number of rotatable bonds is 5. The van der Waals surface area contributed by atoms with Crippen molar-refractivity contribution in [1.29, 1.82) is 0 Å². The number of sulfonamides is 1. The van der Waals surface area contributed by atoms with Crippen molar-refractivity contribution in [3.8, 4) is 0 Å². The van der Waals surface area contributed by atoms with Crippen molar-refractivity contribution in [3.05, 3.63) is 36.5 Å². The summed E-state index contributed by atoms with van der Waals surface area (Å²) < 4.78 is 24.8. The number of pyridine rings is 1. The van der Waals surface area contributed by atoms with Crippen molar-refractivity contribution in [3.63, 3.8) is 0 Å². The molecular weight excluding hydrogens is 244 g/mol. The zero-order valence-electron chi connectivity index (χ0n) is 9.20. The Morgan fingerprint density at radius 1 is 1.59 bits per heavy atom. The van der Waals surface area contributed by atoms with E-state index in [1.807, 2.05) is 0 Å². The molecule has 0 atom stereocenters. The highest BCUT2D eigenvalue weighted by molar-refractivity contribution is 7.89. The fraction of sp³-hybridized carbons (Fsp3) is 0.200. The van der Waals surface area contributed by atoms with Crippen LogP contribution in [-0.2, 0) is 10.0 Å². The lowest BCUT2D eigenvalue weighted by molar-refractivity contribution is 0.0696. The van der Waals surface area contributed by atoms with Gasteiger partial charge in [0.1, 0.15) is 0 Å². The Morgan fingerprint density at radius 2 is 2.24 bits per heavy atom. The first kappa shape index (κ1) is 13.3. The van der Waals surface area contributed by atoms with E-state index in [1.165, 1.54) is 25.3 Å². The summed E-state index contributed by atoms with van der Waals surface area (Å²) in [4.78, 5) is 14.2. The monoisotopic (exact) mass is 256 g/mol. The van der Waals surface area contributed by atoms with Crippen LogP contribution in [0.1, 0.15) is 10.4 Å². The van der Waals surface area contributed by atoms with E-state index in [-0.39, 0.29) is 17.1 Å². The molecule has 0 aromatic carbocycles. The Morgan fingerprint density at radius 3 is 2.65 bits per heavy atom. The van der Waals surface area contributed by atoms with Crippen LogP contribution in [0.15, 0.2) is 36.0 Å². The van der Waals surface area contributed by atoms with E-state index in [0.717, 1.165) is 10.5 Å². The van der Waals surface area contributed by atoms with Crippen LogP contribution in [0, 0.1) is 0 Å². The summed E-state index contributed by atoms with van der Waals surface area (Å²) in [6.45, 7) is 3.60. The average Bonchev–Trinajstić information content (AvgIpc) is 2.29. The zero-order valence-corrected chi connectivity index (χ0v) is 10.0. The van der Waals surface area contributed by atoms with E-state index in [9.17, 15) is 13.2 Å². The lowest BCUT2D eigenvalue weighted by Gasteiger charge is -2.14. The molecule has 0 aliphatic heterocycles. The maximum absolute atomic E-state index is 11.9. The van der Waals surface area contributed by atoms with Gasteiger partial charge in [-0.15, -0.1) is 6.58 Å². The predicted octanol–water partition coefficient (Wildman–Crippen LogP) is 0.586. The topological polar surface area (TPSA) is 87.6 Å². The Hall–Kier alpha value is -1.73. The minimum absolute atomic E-state index is 0.0599. The lowest BCUT2D eigenvalue weighted by Crippen LogP contribution is -2.27. The molecule has 0 aliphatic rings. The Kier molecular flexibility index (Phi) is 3.97. The number of aromatic nitrogens is 1. The first-order valence-corrected chi connectivity index (χ1v) is 6.10. The number of hydrogen-bond donors (Lipinski definition) is 1. The number of nitrogens with zero attached hydrogens (tertiary/aromatic N) is 2. The van der Waals surface area contributed by atoms with E-state index < -0.39 is 16.0 Å². The second-order valence-corrected chi connectivity index (χ2v) is 5.26. The van der Waals surface area contributed by atoms with Crippen molar-refractivity contribution in [2.45, 2.75) is 5.03 Å². The Balaban J connectivity index is 3.08. The number of aromatic carboxylic acids is 1. The molecule has 0 radical (unpaired) electrons. The van der Waals surface area contributed by atoms with Gasteiger partial charge in [-0.2, -0.15) is 4.31 Å². The highest BCUT2D eigenvalue weighted by Crippen LogP contribution is 2.11. The van der Waals surface area contributed by atoms with Gasteiger partial charge in [-0.05, 0) is 12.1 Å². The number of carboxylic acids is 1. The summed E-state index contributed by atoms with van der Waals surface area (Å²) in [5, 5.41) is 8.47. The molecule has 0 spiro atoms. The number of likely N-dealkylation sites (N-methyl/N-ethyl adjacent to an activating group) is 1. The van der Waals surface area contributed by atoms with Crippen LogP contribution in [0.5, 0.6) is 0 Å². The second kappa shape index (κ2) is 5.07. The molecule has 0 bridgehead atoms. The molecule has 0 amide bonds. The smallest absolute Gasteiger partial charge is 0.337 e. The molecule has 1 rings (SSSR count). The predicted molar refractivity (Wildman–Crippen MR) is 61.2 cm³/mol. The van der Waals surface area contributed by atoms with Gasteiger partial charge < -0.3 is 5.11 Å². The minimum Gasteiger partial charge on any atom is -0.478 e. The van der Waals surface area contributed by atoms with Gasteiger partial charge in [0.2, 0.25) is 0 Å². The van der Waals surface area contributed by atoms with E-state index in [1.54, 1.807) is 0 Å². The van der Waals surface area contributed by atoms with Crippen molar-refractivity contribution in [2.24, 2.45) is 0 Å². The Bertz CT molecular complexity index is 522. The van der Waals surface area contributed by atoms with Gasteiger partial charge in [0.15, 0.2) is 5.03 Å². The largest absolute Gasteiger partial charge is 0.478 e. The molecule has 1 heterocycles. The van der Waals surface area contributed by atoms with Crippen LogP contribution in [0.2, 0.25) is 0 Å². The fourth-order valence-corrected chi connectivity index (χ4v) is 2.15. The highest BCUT2D eigenvalue weighted by Gasteiger charge is 2.21.